The van der Waals surface area contributed by atoms with Crippen molar-refractivity contribution in [1.82, 2.24) is 4.57 Å². The number of pyridine rings is 1. The second-order valence-corrected chi connectivity index (χ2v) is 6.15. The van der Waals surface area contributed by atoms with Crippen molar-refractivity contribution >= 4 is 16.9 Å². The number of halogens is 3. The second kappa shape index (κ2) is 6.09. The quantitative estimate of drug-likeness (QED) is 0.790. The predicted octanol–water partition coefficient (Wildman–Crippen LogP) is 3.33. The Bertz CT molecular complexity index is 932. The molecular formula is C17H16F3NO4. The molecule has 1 fully saturated rings. The number of fused-ring (bicyclic) bond motifs is 1. The second-order valence-electron chi connectivity index (χ2n) is 6.15. The van der Waals surface area contributed by atoms with Crippen LogP contribution in [0.3, 0.4) is 0 Å². The zero-order chi connectivity index (χ0) is 18.5. The Hall–Kier alpha value is -2.51. The van der Waals surface area contributed by atoms with Crippen LogP contribution in [0.1, 0.15) is 43.1 Å². The van der Waals surface area contributed by atoms with Gasteiger partial charge in [0.15, 0.2) is 22.9 Å². The van der Waals surface area contributed by atoms with Crippen molar-refractivity contribution in [2.45, 2.75) is 38.8 Å². The Labute approximate surface area is 141 Å². The van der Waals surface area contributed by atoms with E-state index in [1.165, 1.54) is 0 Å². The molecule has 0 aliphatic heterocycles. The summed E-state index contributed by atoms with van der Waals surface area (Å²) in [6, 6.07) is 0.285. The van der Waals surface area contributed by atoms with Crippen LogP contribution in [0.15, 0.2) is 10.9 Å². The van der Waals surface area contributed by atoms with E-state index in [2.05, 4.69) is 0 Å². The number of carbonyl (C=O) groups excluding carboxylic acids is 1. The molecule has 0 spiro atoms. The lowest BCUT2D eigenvalue weighted by Gasteiger charge is -2.17. The third kappa shape index (κ3) is 2.75. The van der Waals surface area contributed by atoms with Gasteiger partial charge in [-0.25, -0.2) is 13.6 Å². The molecule has 1 saturated carbocycles. The number of hydrogen-bond acceptors (Lipinski definition) is 4. The first-order valence-corrected chi connectivity index (χ1v) is 7.78. The van der Waals surface area contributed by atoms with E-state index in [1.54, 1.807) is 13.8 Å². The van der Waals surface area contributed by atoms with Gasteiger partial charge in [-0.1, -0.05) is 0 Å². The lowest BCUT2D eigenvalue weighted by molar-refractivity contribution is 0.0370. The summed E-state index contributed by atoms with van der Waals surface area (Å²) in [6.07, 6.45) is 0.624. The van der Waals surface area contributed by atoms with Crippen LogP contribution in [0.2, 0.25) is 0 Å². The zero-order valence-corrected chi connectivity index (χ0v) is 13.9. The van der Waals surface area contributed by atoms with E-state index in [0.717, 1.165) is 11.7 Å². The Morgan fingerprint density at radius 2 is 1.88 bits per heavy atom. The third-order valence-corrected chi connectivity index (χ3v) is 3.94. The van der Waals surface area contributed by atoms with Crippen LogP contribution in [0, 0.1) is 17.5 Å². The van der Waals surface area contributed by atoms with E-state index in [9.17, 15) is 22.8 Å². The number of methoxy groups -OCH3 is 1. The molecule has 1 aromatic carbocycles. The van der Waals surface area contributed by atoms with Crippen LogP contribution in [0.25, 0.3) is 10.9 Å². The summed E-state index contributed by atoms with van der Waals surface area (Å²) < 4.78 is 53.7. The average molecular weight is 355 g/mol. The molecule has 3 rings (SSSR count). The van der Waals surface area contributed by atoms with Gasteiger partial charge in [-0.3, -0.25) is 4.79 Å². The number of hydrogen-bond donors (Lipinski definition) is 0. The molecular weight excluding hydrogens is 339 g/mol. The van der Waals surface area contributed by atoms with Gasteiger partial charge in [-0.05, 0) is 32.8 Å². The molecule has 2 aromatic rings. The number of ether oxygens (including phenoxy) is 2. The summed E-state index contributed by atoms with van der Waals surface area (Å²) in [5, 5.41) is -0.405. The lowest BCUT2D eigenvalue weighted by Crippen LogP contribution is -2.30. The smallest absolute Gasteiger partial charge is 0.347 e. The molecule has 5 nitrogen and oxygen atoms in total. The Kier molecular flexibility index (Phi) is 4.22. The van der Waals surface area contributed by atoms with Gasteiger partial charge in [0.1, 0.15) is 5.52 Å². The van der Waals surface area contributed by atoms with E-state index in [4.69, 9.17) is 9.47 Å². The summed E-state index contributed by atoms with van der Waals surface area (Å²) in [5.41, 5.74) is -1.96. The van der Waals surface area contributed by atoms with Gasteiger partial charge >= 0.3 is 5.97 Å². The van der Waals surface area contributed by atoms with E-state index in [1.807, 2.05) is 0 Å². The number of aromatic nitrogens is 1. The van der Waals surface area contributed by atoms with Gasteiger partial charge in [-0.2, -0.15) is 4.39 Å². The number of nitrogens with zero attached hydrogens (tertiary/aromatic N) is 1. The maximum Gasteiger partial charge on any atom is 0.347 e. The average Bonchev–Trinajstić information content (AvgIpc) is 3.34. The van der Waals surface area contributed by atoms with Gasteiger partial charge in [-0.15, -0.1) is 0 Å². The molecule has 1 aliphatic rings. The first kappa shape index (κ1) is 17.3. The first-order chi connectivity index (χ1) is 11.8. The molecule has 0 radical (unpaired) electrons. The maximum atomic E-state index is 14.9. The molecule has 1 aliphatic carbocycles. The number of carbonyl (C=O) groups is 1. The highest BCUT2D eigenvalue weighted by Gasteiger charge is 2.34. The van der Waals surface area contributed by atoms with Crippen LogP contribution in [-0.4, -0.2) is 23.8 Å². The molecule has 134 valence electrons. The number of esters is 1. The van der Waals surface area contributed by atoms with Crippen molar-refractivity contribution in [2.75, 3.05) is 7.11 Å². The fourth-order valence-corrected chi connectivity index (χ4v) is 2.77. The van der Waals surface area contributed by atoms with Gasteiger partial charge < -0.3 is 14.0 Å². The van der Waals surface area contributed by atoms with Gasteiger partial charge in [0.05, 0.1) is 13.2 Å². The maximum absolute atomic E-state index is 14.9. The minimum Gasteiger partial charge on any atom is -0.491 e. The van der Waals surface area contributed by atoms with Crippen molar-refractivity contribution in [3.63, 3.8) is 0 Å². The molecule has 1 aromatic heterocycles. The van der Waals surface area contributed by atoms with Crippen molar-refractivity contribution in [2.24, 2.45) is 0 Å². The summed E-state index contributed by atoms with van der Waals surface area (Å²) >= 11 is 0. The largest absolute Gasteiger partial charge is 0.491 e. The fourth-order valence-electron chi connectivity index (χ4n) is 2.77. The van der Waals surface area contributed by atoms with Crippen molar-refractivity contribution in [3.05, 3.63) is 39.4 Å². The highest BCUT2D eigenvalue weighted by Crippen LogP contribution is 2.40. The van der Waals surface area contributed by atoms with Crippen molar-refractivity contribution in [3.8, 4) is 5.75 Å². The summed E-state index contributed by atoms with van der Waals surface area (Å²) in [5.74, 6) is -5.62. The molecule has 0 amide bonds. The summed E-state index contributed by atoms with van der Waals surface area (Å²) in [6.45, 7) is 3.10. The normalized spacial score (nSPS) is 14.2. The Balaban J connectivity index is 2.44. The van der Waals surface area contributed by atoms with Crippen LogP contribution in [0.4, 0.5) is 13.2 Å². The van der Waals surface area contributed by atoms with E-state index < -0.39 is 51.8 Å². The van der Waals surface area contributed by atoms with E-state index in [-0.39, 0.29) is 11.6 Å². The Morgan fingerprint density at radius 1 is 1.24 bits per heavy atom. The van der Waals surface area contributed by atoms with Crippen LogP contribution in [0.5, 0.6) is 5.75 Å². The van der Waals surface area contributed by atoms with Crippen LogP contribution in [-0.2, 0) is 4.74 Å². The highest BCUT2D eigenvalue weighted by molar-refractivity contribution is 5.96. The van der Waals surface area contributed by atoms with Crippen LogP contribution < -0.4 is 10.3 Å². The molecule has 25 heavy (non-hydrogen) atoms. The third-order valence-electron chi connectivity index (χ3n) is 3.94. The summed E-state index contributed by atoms with van der Waals surface area (Å²) in [7, 11) is 1.10. The number of benzene rings is 1. The van der Waals surface area contributed by atoms with Crippen LogP contribution >= 0.6 is 0 Å². The fraction of sp³-hybridized carbons (Fsp3) is 0.412. The SMILES string of the molecule is COc1c(F)c(F)cc2c(F)c(C(=O)OC(C)C)c(=O)n(C3CC3)c12. The molecule has 0 atom stereocenters. The molecule has 0 unspecified atom stereocenters. The topological polar surface area (TPSA) is 57.5 Å². The number of rotatable bonds is 4. The molecule has 1 heterocycles. The van der Waals surface area contributed by atoms with Crippen molar-refractivity contribution in [1.29, 1.82) is 0 Å². The lowest BCUT2D eigenvalue weighted by atomic mass is 10.1. The Morgan fingerprint density at radius 3 is 2.40 bits per heavy atom. The standard InChI is InChI=1S/C17H16F3NO4/c1-7(2)25-17(23)11-12(19)9-6-10(18)13(20)15(24-3)14(9)21(16(11)22)8-4-5-8/h6-8H,4-5H2,1-3H3. The predicted molar refractivity (Wildman–Crippen MR) is 83.5 cm³/mol. The minimum atomic E-state index is -1.34. The molecule has 0 bridgehead atoms. The molecule has 0 saturated heterocycles. The minimum absolute atomic E-state index is 0.201. The molecule has 0 N–H and O–H groups in total. The van der Waals surface area contributed by atoms with Gasteiger partial charge in [0, 0.05) is 11.4 Å². The first-order valence-electron chi connectivity index (χ1n) is 7.78. The monoisotopic (exact) mass is 355 g/mol. The van der Waals surface area contributed by atoms with Crippen molar-refractivity contribution < 1.29 is 27.4 Å². The van der Waals surface area contributed by atoms with E-state index in [0.29, 0.717) is 18.9 Å². The van der Waals surface area contributed by atoms with E-state index >= 15 is 0 Å². The van der Waals surface area contributed by atoms with Gasteiger partial charge in [0.25, 0.3) is 5.56 Å². The summed E-state index contributed by atoms with van der Waals surface area (Å²) in [4.78, 5) is 24.9. The molecule has 8 heteroatoms. The highest BCUT2D eigenvalue weighted by atomic mass is 19.2. The zero-order valence-electron chi connectivity index (χ0n) is 13.9. The van der Waals surface area contributed by atoms with Gasteiger partial charge in [0.2, 0.25) is 5.82 Å².